The largest absolute Gasteiger partial charge is 0.482 e. The van der Waals surface area contributed by atoms with Crippen molar-refractivity contribution in [1.29, 1.82) is 0 Å². The minimum absolute atomic E-state index is 0.123. The topological polar surface area (TPSA) is 38.3 Å². The standard InChI is InChI=1S/C15H12Cl2FNO2/c16-11-3-1-2-10(6-11)8-19-15(20)9-21-14-5-4-12(18)7-13(14)17/h1-7H,8-9H2,(H,19,20). The number of carbonyl (C=O) groups excluding carboxylic acids is 1. The zero-order chi connectivity index (χ0) is 15.2. The molecule has 0 aliphatic carbocycles. The van der Waals surface area contributed by atoms with E-state index in [9.17, 15) is 9.18 Å². The Morgan fingerprint density at radius 1 is 1.19 bits per heavy atom. The van der Waals surface area contributed by atoms with E-state index in [1.807, 2.05) is 6.07 Å². The maximum Gasteiger partial charge on any atom is 0.258 e. The number of benzene rings is 2. The van der Waals surface area contributed by atoms with Gasteiger partial charge in [0, 0.05) is 11.6 Å². The van der Waals surface area contributed by atoms with E-state index in [-0.39, 0.29) is 23.3 Å². The summed E-state index contributed by atoms with van der Waals surface area (Å²) in [6, 6.07) is 10.9. The summed E-state index contributed by atoms with van der Waals surface area (Å²) in [5.41, 5.74) is 0.885. The van der Waals surface area contributed by atoms with Crippen LogP contribution in [-0.2, 0) is 11.3 Å². The van der Waals surface area contributed by atoms with Crippen molar-refractivity contribution in [2.75, 3.05) is 6.61 Å². The quantitative estimate of drug-likeness (QED) is 0.906. The van der Waals surface area contributed by atoms with E-state index in [0.29, 0.717) is 11.6 Å². The van der Waals surface area contributed by atoms with Gasteiger partial charge in [-0.05, 0) is 35.9 Å². The predicted molar refractivity (Wildman–Crippen MR) is 80.2 cm³/mol. The molecular formula is C15H12Cl2FNO2. The lowest BCUT2D eigenvalue weighted by Crippen LogP contribution is -2.28. The first-order valence-electron chi connectivity index (χ1n) is 6.13. The fourth-order valence-corrected chi connectivity index (χ4v) is 2.07. The Morgan fingerprint density at radius 2 is 2.00 bits per heavy atom. The molecule has 0 unspecified atom stereocenters. The molecule has 1 N–H and O–H groups in total. The zero-order valence-electron chi connectivity index (χ0n) is 10.9. The molecule has 2 aromatic carbocycles. The molecule has 0 saturated heterocycles. The number of carbonyl (C=O) groups is 1. The second-order valence-electron chi connectivity index (χ2n) is 4.27. The van der Waals surface area contributed by atoms with Crippen molar-refractivity contribution < 1.29 is 13.9 Å². The molecule has 0 aliphatic heterocycles. The van der Waals surface area contributed by atoms with Crippen molar-refractivity contribution in [2.24, 2.45) is 0 Å². The molecule has 0 fully saturated rings. The average molecular weight is 328 g/mol. The van der Waals surface area contributed by atoms with Crippen molar-refractivity contribution in [3.05, 3.63) is 63.9 Å². The van der Waals surface area contributed by atoms with Crippen LogP contribution in [0.5, 0.6) is 5.75 Å². The second-order valence-corrected chi connectivity index (χ2v) is 5.11. The first-order valence-corrected chi connectivity index (χ1v) is 6.89. The van der Waals surface area contributed by atoms with Gasteiger partial charge in [-0.3, -0.25) is 4.79 Å². The summed E-state index contributed by atoms with van der Waals surface area (Å²) in [4.78, 5) is 11.7. The van der Waals surface area contributed by atoms with Gasteiger partial charge < -0.3 is 10.1 Å². The van der Waals surface area contributed by atoms with Crippen molar-refractivity contribution in [3.63, 3.8) is 0 Å². The van der Waals surface area contributed by atoms with E-state index in [0.717, 1.165) is 11.6 Å². The Hall–Kier alpha value is -1.78. The third-order valence-corrected chi connectivity index (χ3v) is 3.16. The fourth-order valence-electron chi connectivity index (χ4n) is 1.63. The van der Waals surface area contributed by atoms with Crippen LogP contribution >= 0.6 is 23.2 Å². The van der Waals surface area contributed by atoms with Gasteiger partial charge in [0.2, 0.25) is 0 Å². The normalized spacial score (nSPS) is 10.2. The van der Waals surface area contributed by atoms with Gasteiger partial charge in [-0.15, -0.1) is 0 Å². The highest BCUT2D eigenvalue weighted by atomic mass is 35.5. The van der Waals surface area contributed by atoms with Crippen molar-refractivity contribution in [1.82, 2.24) is 5.32 Å². The Morgan fingerprint density at radius 3 is 2.71 bits per heavy atom. The summed E-state index contributed by atoms with van der Waals surface area (Å²) in [6.07, 6.45) is 0. The van der Waals surface area contributed by atoms with Crippen LogP contribution in [0.1, 0.15) is 5.56 Å². The fraction of sp³-hybridized carbons (Fsp3) is 0.133. The second kappa shape index (κ2) is 7.29. The van der Waals surface area contributed by atoms with Gasteiger partial charge >= 0.3 is 0 Å². The molecule has 0 radical (unpaired) electrons. The average Bonchev–Trinajstić information content (AvgIpc) is 2.44. The smallest absolute Gasteiger partial charge is 0.258 e. The Labute approximate surface area is 131 Å². The van der Waals surface area contributed by atoms with E-state index in [2.05, 4.69) is 5.32 Å². The molecule has 0 bridgehead atoms. The van der Waals surface area contributed by atoms with Gasteiger partial charge in [0.15, 0.2) is 6.61 Å². The Bertz CT molecular complexity index is 649. The van der Waals surface area contributed by atoms with Crippen LogP contribution in [0.3, 0.4) is 0 Å². The molecule has 21 heavy (non-hydrogen) atoms. The van der Waals surface area contributed by atoms with Crippen molar-refractivity contribution in [2.45, 2.75) is 6.54 Å². The molecule has 0 saturated carbocycles. The molecule has 0 atom stereocenters. The lowest BCUT2D eigenvalue weighted by Gasteiger charge is -2.09. The molecule has 1 amide bonds. The van der Waals surface area contributed by atoms with Gasteiger partial charge in [0.05, 0.1) is 5.02 Å². The van der Waals surface area contributed by atoms with Gasteiger partial charge in [-0.2, -0.15) is 0 Å². The maximum atomic E-state index is 12.9. The minimum atomic E-state index is -0.460. The van der Waals surface area contributed by atoms with Gasteiger partial charge in [-0.1, -0.05) is 35.3 Å². The van der Waals surface area contributed by atoms with Crippen LogP contribution < -0.4 is 10.1 Å². The summed E-state index contributed by atoms with van der Waals surface area (Å²) < 4.78 is 18.1. The number of hydrogen-bond acceptors (Lipinski definition) is 2. The van der Waals surface area contributed by atoms with Crippen LogP contribution in [0, 0.1) is 5.82 Å². The zero-order valence-corrected chi connectivity index (χ0v) is 12.4. The molecule has 6 heteroatoms. The molecule has 0 heterocycles. The number of amides is 1. The highest BCUT2D eigenvalue weighted by molar-refractivity contribution is 6.32. The first-order chi connectivity index (χ1) is 10.0. The number of nitrogens with one attached hydrogen (secondary N) is 1. The molecular weight excluding hydrogens is 316 g/mol. The van der Waals surface area contributed by atoms with Crippen molar-refractivity contribution >= 4 is 29.1 Å². The molecule has 0 spiro atoms. The molecule has 0 aromatic heterocycles. The summed E-state index contributed by atoms with van der Waals surface area (Å²) in [7, 11) is 0. The van der Waals surface area contributed by atoms with Gasteiger partial charge in [-0.25, -0.2) is 4.39 Å². The number of hydrogen-bond donors (Lipinski definition) is 1. The van der Waals surface area contributed by atoms with Crippen LogP contribution in [0.4, 0.5) is 4.39 Å². The highest BCUT2D eigenvalue weighted by Crippen LogP contribution is 2.24. The lowest BCUT2D eigenvalue weighted by atomic mass is 10.2. The summed E-state index contributed by atoms with van der Waals surface area (Å²) in [5.74, 6) is -0.510. The Balaban J connectivity index is 1.82. The summed E-state index contributed by atoms with van der Waals surface area (Å²) in [5, 5.41) is 3.42. The Kier molecular flexibility index (Phi) is 5.42. The third-order valence-electron chi connectivity index (χ3n) is 2.63. The monoisotopic (exact) mass is 327 g/mol. The number of halogens is 3. The van der Waals surface area contributed by atoms with E-state index in [1.54, 1.807) is 18.2 Å². The number of ether oxygens (including phenoxy) is 1. The van der Waals surface area contributed by atoms with Crippen LogP contribution in [0.15, 0.2) is 42.5 Å². The third kappa shape index (κ3) is 4.92. The lowest BCUT2D eigenvalue weighted by molar-refractivity contribution is -0.123. The number of rotatable bonds is 5. The highest BCUT2D eigenvalue weighted by Gasteiger charge is 2.07. The molecule has 0 aliphatic rings. The predicted octanol–water partition coefficient (Wildman–Crippen LogP) is 3.83. The molecule has 110 valence electrons. The van der Waals surface area contributed by atoms with Gasteiger partial charge in [0.1, 0.15) is 11.6 Å². The van der Waals surface area contributed by atoms with E-state index in [4.69, 9.17) is 27.9 Å². The van der Waals surface area contributed by atoms with E-state index in [1.165, 1.54) is 12.1 Å². The molecule has 2 rings (SSSR count). The van der Waals surface area contributed by atoms with E-state index < -0.39 is 5.82 Å². The SMILES string of the molecule is O=C(COc1ccc(F)cc1Cl)NCc1cccc(Cl)c1. The molecule has 2 aromatic rings. The van der Waals surface area contributed by atoms with Gasteiger partial charge in [0.25, 0.3) is 5.91 Å². The summed E-state index contributed by atoms with van der Waals surface area (Å²) in [6.45, 7) is 0.145. The van der Waals surface area contributed by atoms with Crippen LogP contribution in [-0.4, -0.2) is 12.5 Å². The van der Waals surface area contributed by atoms with Crippen LogP contribution in [0.25, 0.3) is 0 Å². The summed E-state index contributed by atoms with van der Waals surface area (Å²) >= 11 is 11.6. The minimum Gasteiger partial charge on any atom is -0.482 e. The first kappa shape index (κ1) is 15.6. The van der Waals surface area contributed by atoms with Crippen LogP contribution in [0.2, 0.25) is 10.0 Å². The van der Waals surface area contributed by atoms with E-state index >= 15 is 0 Å². The van der Waals surface area contributed by atoms with Crippen molar-refractivity contribution in [3.8, 4) is 5.75 Å². The molecule has 3 nitrogen and oxygen atoms in total. The maximum absolute atomic E-state index is 12.9.